The smallest absolute Gasteiger partial charge is 0.223 e. The van der Waals surface area contributed by atoms with E-state index in [0.29, 0.717) is 12.3 Å². The largest absolute Gasteiger partial charge is 0.340 e. The van der Waals surface area contributed by atoms with Gasteiger partial charge in [0.15, 0.2) is 0 Å². The second kappa shape index (κ2) is 6.90. The van der Waals surface area contributed by atoms with E-state index in [4.69, 9.17) is 0 Å². The number of carbonyl (C=O) groups is 1. The monoisotopic (exact) mass is 266 g/mol. The Bertz CT molecular complexity index is 383. The van der Waals surface area contributed by atoms with Gasteiger partial charge in [-0.25, -0.2) is 0 Å². The molecule has 0 spiro atoms. The number of carbonyl (C=O) groups excluding carboxylic acids is 1. The van der Waals surface area contributed by atoms with Gasteiger partial charge in [-0.05, 0) is 25.0 Å². The SMILES string of the molecule is CCCc1ccc(CCC(=O)N2CCNCC2)s1. The minimum absolute atomic E-state index is 0.307. The molecule has 2 rings (SSSR count). The van der Waals surface area contributed by atoms with Crippen LogP contribution in [0.5, 0.6) is 0 Å². The maximum atomic E-state index is 12.0. The lowest BCUT2D eigenvalue weighted by molar-refractivity contribution is -0.131. The third kappa shape index (κ3) is 3.82. The number of amides is 1. The van der Waals surface area contributed by atoms with Crippen LogP contribution in [-0.4, -0.2) is 37.0 Å². The van der Waals surface area contributed by atoms with Crippen LogP contribution in [0.4, 0.5) is 0 Å². The number of hydrogen-bond donors (Lipinski definition) is 1. The number of rotatable bonds is 5. The van der Waals surface area contributed by atoms with E-state index >= 15 is 0 Å². The van der Waals surface area contributed by atoms with E-state index in [1.54, 1.807) is 0 Å². The Labute approximate surface area is 113 Å². The van der Waals surface area contributed by atoms with Gasteiger partial charge in [0.25, 0.3) is 0 Å². The number of nitrogens with one attached hydrogen (secondary N) is 1. The van der Waals surface area contributed by atoms with Gasteiger partial charge in [0, 0.05) is 42.4 Å². The zero-order valence-electron chi connectivity index (χ0n) is 11.1. The summed E-state index contributed by atoms with van der Waals surface area (Å²) >= 11 is 1.86. The Kier molecular flexibility index (Phi) is 5.20. The van der Waals surface area contributed by atoms with Gasteiger partial charge in [-0.3, -0.25) is 4.79 Å². The molecular formula is C14H22N2OS. The molecule has 3 nitrogen and oxygen atoms in total. The Morgan fingerprint density at radius 2 is 1.94 bits per heavy atom. The van der Waals surface area contributed by atoms with E-state index in [1.807, 2.05) is 16.2 Å². The third-order valence-electron chi connectivity index (χ3n) is 3.27. The first-order valence-corrected chi connectivity index (χ1v) is 7.67. The van der Waals surface area contributed by atoms with Gasteiger partial charge >= 0.3 is 0 Å². The van der Waals surface area contributed by atoms with E-state index in [-0.39, 0.29) is 0 Å². The molecule has 1 N–H and O–H groups in total. The van der Waals surface area contributed by atoms with Crippen molar-refractivity contribution in [1.29, 1.82) is 0 Å². The molecule has 0 aromatic carbocycles. The molecule has 100 valence electrons. The lowest BCUT2D eigenvalue weighted by atomic mass is 10.2. The normalized spacial score (nSPS) is 15.9. The Morgan fingerprint density at radius 3 is 2.61 bits per heavy atom. The Morgan fingerprint density at radius 1 is 1.28 bits per heavy atom. The number of thiophene rings is 1. The van der Waals surface area contributed by atoms with Crippen LogP contribution in [0.2, 0.25) is 0 Å². The zero-order valence-corrected chi connectivity index (χ0v) is 11.9. The highest BCUT2D eigenvalue weighted by Gasteiger charge is 2.15. The number of nitrogens with zero attached hydrogens (tertiary/aromatic N) is 1. The summed E-state index contributed by atoms with van der Waals surface area (Å²) in [6.07, 6.45) is 3.92. The first kappa shape index (κ1) is 13.6. The molecule has 1 aromatic rings. The van der Waals surface area contributed by atoms with Gasteiger partial charge in [-0.1, -0.05) is 13.3 Å². The standard InChI is InChI=1S/C14H22N2OS/c1-2-3-12-4-5-13(18-12)6-7-14(17)16-10-8-15-9-11-16/h4-5,15H,2-3,6-11H2,1H3. The van der Waals surface area contributed by atoms with Crippen molar-refractivity contribution >= 4 is 17.2 Å². The van der Waals surface area contributed by atoms with Crippen molar-refractivity contribution < 1.29 is 4.79 Å². The third-order valence-corrected chi connectivity index (χ3v) is 4.47. The summed E-state index contributed by atoms with van der Waals surface area (Å²) in [4.78, 5) is 16.8. The van der Waals surface area contributed by atoms with E-state index < -0.39 is 0 Å². The highest BCUT2D eigenvalue weighted by atomic mass is 32.1. The summed E-state index contributed by atoms with van der Waals surface area (Å²) in [6.45, 7) is 5.80. The second-order valence-corrected chi connectivity index (χ2v) is 6.00. The van der Waals surface area contributed by atoms with E-state index in [0.717, 1.165) is 39.0 Å². The van der Waals surface area contributed by atoms with Crippen molar-refractivity contribution in [3.8, 4) is 0 Å². The fourth-order valence-electron chi connectivity index (χ4n) is 2.24. The molecule has 1 aromatic heterocycles. The van der Waals surface area contributed by atoms with Gasteiger partial charge in [0.05, 0.1) is 0 Å². The van der Waals surface area contributed by atoms with Gasteiger partial charge in [0.1, 0.15) is 0 Å². The van der Waals surface area contributed by atoms with Crippen molar-refractivity contribution in [1.82, 2.24) is 10.2 Å². The summed E-state index contributed by atoms with van der Waals surface area (Å²) in [6, 6.07) is 4.39. The molecule has 0 bridgehead atoms. The van der Waals surface area contributed by atoms with E-state index in [2.05, 4.69) is 24.4 Å². The molecule has 1 fully saturated rings. The maximum Gasteiger partial charge on any atom is 0.223 e. The molecule has 0 atom stereocenters. The molecular weight excluding hydrogens is 244 g/mol. The summed E-state index contributed by atoms with van der Waals surface area (Å²) in [5.41, 5.74) is 0. The number of piperazine rings is 1. The van der Waals surface area contributed by atoms with Crippen LogP contribution in [0.1, 0.15) is 29.5 Å². The molecule has 0 unspecified atom stereocenters. The van der Waals surface area contributed by atoms with E-state index in [9.17, 15) is 4.79 Å². The average molecular weight is 266 g/mol. The first-order chi connectivity index (χ1) is 8.79. The lowest BCUT2D eigenvalue weighted by Crippen LogP contribution is -2.46. The fraction of sp³-hybridized carbons (Fsp3) is 0.643. The van der Waals surface area contributed by atoms with E-state index in [1.165, 1.54) is 16.2 Å². The fourth-order valence-corrected chi connectivity index (χ4v) is 3.36. The van der Waals surface area contributed by atoms with Gasteiger partial charge in [-0.2, -0.15) is 0 Å². The minimum atomic E-state index is 0.307. The minimum Gasteiger partial charge on any atom is -0.340 e. The molecule has 18 heavy (non-hydrogen) atoms. The molecule has 1 amide bonds. The number of aryl methyl sites for hydroxylation is 2. The molecule has 1 aliphatic rings. The highest BCUT2D eigenvalue weighted by molar-refractivity contribution is 7.11. The first-order valence-electron chi connectivity index (χ1n) is 6.85. The van der Waals surface area contributed by atoms with Crippen molar-refractivity contribution in [2.75, 3.05) is 26.2 Å². The van der Waals surface area contributed by atoms with Crippen LogP contribution in [0, 0.1) is 0 Å². The Hall–Kier alpha value is -0.870. The molecule has 0 radical (unpaired) electrons. The van der Waals surface area contributed by atoms with Crippen LogP contribution < -0.4 is 5.32 Å². The summed E-state index contributed by atoms with van der Waals surface area (Å²) in [7, 11) is 0. The topological polar surface area (TPSA) is 32.3 Å². The molecule has 1 aliphatic heterocycles. The molecule has 0 saturated carbocycles. The molecule has 1 saturated heterocycles. The second-order valence-electron chi connectivity index (χ2n) is 4.75. The molecule has 0 aliphatic carbocycles. The van der Waals surface area contributed by atoms with Crippen molar-refractivity contribution in [2.24, 2.45) is 0 Å². The van der Waals surface area contributed by atoms with Gasteiger partial charge < -0.3 is 10.2 Å². The van der Waals surface area contributed by atoms with Gasteiger partial charge in [0.2, 0.25) is 5.91 Å². The predicted octanol–water partition coefficient (Wildman–Crippen LogP) is 2.06. The van der Waals surface area contributed by atoms with Crippen molar-refractivity contribution in [3.63, 3.8) is 0 Å². The quantitative estimate of drug-likeness (QED) is 0.885. The van der Waals surface area contributed by atoms with Crippen LogP contribution in [0.3, 0.4) is 0 Å². The number of hydrogen-bond acceptors (Lipinski definition) is 3. The van der Waals surface area contributed by atoms with Crippen molar-refractivity contribution in [2.45, 2.75) is 32.6 Å². The summed E-state index contributed by atoms with van der Waals surface area (Å²) < 4.78 is 0. The predicted molar refractivity (Wildman–Crippen MR) is 76.1 cm³/mol. The highest BCUT2D eigenvalue weighted by Crippen LogP contribution is 2.19. The zero-order chi connectivity index (χ0) is 12.8. The summed E-state index contributed by atoms with van der Waals surface area (Å²) in [5.74, 6) is 0.307. The molecule has 4 heteroatoms. The lowest BCUT2D eigenvalue weighted by Gasteiger charge is -2.27. The summed E-state index contributed by atoms with van der Waals surface area (Å²) in [5, 5.41) is 3.27. The van der Waals surface area contributed by atoms with Gasteiger partial charge in [-0.15, -0.1) is 11.3 Å². The average Bonchev–Trinajstić information content (AvgIpc) is 2.85. The van der Waals surface area contributed by atoms with Crippen LogP contribution in [-0.2, 0) is 17.6 Å². The van der Waals surface area contributed by atoms with Crippen LogP contribution in [0.25, 0.3) is 0 Å². The van der Waals surface area contributed by atoms with Crippen LogP contribution >= 0.6 is 11.3 Å². The Balaban J connectivity index is 1.77. The maximum absolute atomic E-state index is 12.0. The van der Waals surface area contributed by atoms with Crippen LogP contribution in [0.15, 0.2) is 12.1 Å². The molecule has 2 heterocycles. The van der Waals surface area contributed by atoms with Crippen molar-refractivity contribution in [3.05, 3.63) is 21.9 Å².